The van der Waals surface area contributed by atoms with E-state index >= 15 is 0 Å². The zero-order chi connectivity index (χ0) is 18.8. The minimum absolute atomic E-state index is 0.733. The molecule has 27 heavy (non-hydrogen) atoms. The molecule has 0 aliphatic carbocycles. The molecule has 0 bridgehead atoms. The molecule has 5 heteroatoms. The van der Waals surface area contributed by atoms with Crippen LogP contribution in [0, 0.1) is 6.92 Å². The maximum atomic E-state index is 4.83. The molecule has 0 saturated carbocycles. The van der Waals surface area contributed by atoms with Crippen LogP contribution in [0.2, 0.25) is 0 Å². The first kappa shape index (κ1) is 17.0. The van der Waals surface area contributed by atoms with Gasteiger partial charge in [0, 0.05) is 31.5 Å². The largest absolute Gasteiger partial charge is 0.378 e. The fourth-order valence-corrected chi connectivity index (χ4v) is 3.00. The van der Waals surface area contributed by atoms with Crippen LogP contribution in [0.15, 0.2) is 83.2 Å². The number of imidazole rings is 1. The van der Waals surface area contributed by atoms with Crippen molar-refractivity contribution in [2.45, 2.75) is 6.92 Å². The van der Waals surface area contributed by atoms with Crippen LogP contribution in [0.4, 0.5) is 17.2 Å². The Morgan fingerprint density at radius 1 is 0.852 bits per heavy atom. The quantitative estimate of drug-likeness (QED) is 0.435. The predicted octanol–water partition coefficient (Wildman–Crippen LogP) is 5.79. The number of hydrogen-bond donors (Lipinski definition) is 0. The number of azo groups is 1. The molecular weight excluding hydrogens is 334 g/mol. The average Bonchev–Trinajstić information content (AvgIpc) is 3.07. The van der Waals surface area contributed by atoms with Crippen LogP contribution in [0.5, 0.6) is 0 Å². The number of rotatable bonds is 4. The number of anilines is 1. The highest BCUT2D eigenvalue weighted by Gasteiger charge is 2.14. The molecule has 2 aromatic carbocycles. The van der Waals surface area contributed by atoms with E-state index in [4.69, 9.17) is 4.98 Å². The van der Waals surface area contributed by atoms with Gasteiger partial charge in [-0.15, -0.1) is 10.2 Å². The van der Waals surface area contributed by atoms with Crippen LogP contribution in [0.3, 0.4) is 0 Å². The molecule has 0 radical (unpaired) electrons. The second-order valence-corrected chi connectivity index (χ2v) is 6.65. The van der Waals surface area contributed by atoms with Crippen molar-refractivity contribution in [2.24, 2.45) is 10.2 Å². The molecule has 134 valence electrons. The molecule has 5 nitrogen and oxygen atoms in total. The van der Waals surface area contributed by atoms with Gasteiger partial charge in [-0.25, -0.2) is 4.98 Å². The van der Waals surface area contributed by atoms with Gasteiger partial charge in [0.05, 0.1) is 5.69 Å². The van der Waals surface area contributed by atoms with Crippen molar-refractivity contribution >= 4 is 22.8 Å². The van der Waals surface area contributed by atoms with Gasteiger partial charge in [0.1, 0.15) is 11.3 Å². The second-order valence-electron chi connectivity index (χ2n) is 6.65. The van der Waals surface area contributed by atoms with Crippen LogP contribution in [0.1, 0.15) is 5.56 Å². The molecule has 0 N–H and O–H groups in total. The van der Waals surface area contributed by atoms with Crippen molar-refractivity contribution in [3.63, 3.8) is 0 Å². The van der Waals surface area contributed by atoms with E-state index in [-0.39, 0.29) is 0 Å². The van der Waals surface area contributed by atoms with Gasteiger partial charge in [-0.05, 0) is 42.8 Å². The number of aromatic nitrogens is 2. The Morgan fingerprint density at radius 2 is 1.59 bits per heavy atom. The van der Waals surface area contributed by atoms with Crippen LogP contribution >= 0.6 is 0 Å². The number of fused-ring (bicyclic) bond motifs is 1. The Morgan fingerprint density at radius 3 is 2.30 bits per heavy atom. The zero-order valence-corrected chi connectivity index (χ0v) is 15.7. The molecule has 0 aliphatic rings. The molecule has 0 amide bonds. The summed E-state index contributed by atoms with van der Waals surface area (Å²) in [5.41, 5.74) is 5.79. The number of aryl methyl sites for hydroxylation is 1. The number of benzene rings is 2. The highest BCUT2D eigenvalue weighted by atomic mass is 15.2. The fraction of sp³-hybridized carbons (Fsp3) is 0.136. The number of pyridine rings is 1. The monoisotopic (exact) mass is 355 g/mol. The van der Waals surface area contributed by atoms with Crippen LogP contribution in [-0.4, -0.2) is 23.5 Å². The molecule has 0 spiro atoms. The van der Waals surface area contributed by atoms with E-state index in [1.54, 1.807) is 0 Å². The van der Waals surface area contributed by atoms with Crippen LogP contribution in [-0.2, 0) is 0 Å². The number of nitrogens with zero attached hydrogens (tertiary/aromatic N) is 5. The van der Waals surface area contributed by atoms with Crippen molar-refractivity contribution in [2.75, 3.05) is 19.0 Å². The smallest absolute Gasteiger partial charge is 0.187 e. The van der Waals surface area contributed by atoms with Crippen LogP contribution < -0.4 is 4.90 Å². The lowest BCUT2D eigenvalue weighted by Gasteiger charge is -2.11. The lowest BCUT2D eigenvalue weighted by Crippen LogP contribution is -2.07. The van der Waals surface area contributed by atoms with Gasteiger partial charge in [0.15, 0.2) is 5.82 Å². The van der Waals surface area contributed by atoms with Gasteiger partial charge in [0.2, 0.25) is 0 Å². The zero-order valence-electron chi connectivity index (χ0n) is 15.7. The van der Waals surface area contributed by atoms with Gasteiger partial charge in [-0.2, -0.15) is 0 Å². The van der Waals surface area contributed by atoms with E-state index in [1.807, 2.05) is 85.4 Å². The molecule has 0 aliphatic heterocycles. The highest BCUT2D eigenvalue weighted by Crippen LogP contribution is 2.33. The summed E-state index contributed by atoms with van der Waals surface area (Å²) < 4.78 is 2.00. The second kappa shape index (κ2) is 7.03. The maximum Gasteiger partial charge on any atom is 0.187 e. The van der Waals surface area contributed by atoms with Gasteiger partial charge in [0.25, 0.3) is 0 Å². The highest BCUT2D eigenvalue weighted by molar-refractivity contribution is 5.75. The Bertz CT molecular complexity index is 1090. The third kappa shape index (κ3) is 3.31. The van der Waals surface area contributed by atoms with E-state index in [1.165, 1.54) is 0 Å². The molecule has 4 aromatic rings. The summed E-state index contributed by atoms with van der Waals surface area (Å²) in [6.45, 7) is 2.05. The predicted molar refractivity (Wildman–Crippen MR) is 110 cm³/mol. The minimum atomic E-state index is 0.733. The molecule has 0 atom stereocenters. The normalized spacial score (nSPS) is 11.4. The lowest BCUT2D eigenvalue weighted by molar-refractivity contribution is 1.09. The van der Waals surface area contributed by atoms with Crippen molar-refractivity contribution in [3.05, 3.63) is 78.5 Å². The first-order valence-corrected chi connectivity index (χ1v) is 8.86. The number of hydrogen-bond acceptors (Lipinski definition) is 4. The average molecular weight is 355 g/mol. The fourth-order valence-electron chi connectivity index (χ4n) is 3.00. The van der Waals surface area contributed by atoms with Crippen molar-refractivity contribution < 1.29 is 0 Å². The summed E-state index contributed by atoms with van der Waals surface area (Å²) in [6.07, 6.45) is 1.98. The molecular formula is C22H21N5. The van der Waals surface area contributed by atoms with Gasteiger partial charge in [-0.1, -0.05) is 36.4 Å². The summed E-state index contributed by atoms with van der Waals surface area (Å²) in [7, 11) is 4.03. The molecule has 0 unspecified atom stereocenters. The summed E-state index contributed by atoms with van der Waals surface area (Å²) >= 11 is 0. The third-order valence-corrected chi connectivity index (χ3v) is 4.49. The molecule has 2 aromatic heterocycles. The summed E-state index contributed by atoms with van der Waals surface area (Å²) in [4.78, 5) is 6.89. The van der Waals surface area contributed by atoms with E-state index in [9.17, 15) is 0 Å². The van der Waals surface area contributed by atoms with Gasteiger partial charge >= 0.3 is 0 Å². The van der Waals surface area contributed by atoms with E-state index in [0.717, 1.165) is 39.7 Å². The first-order valence-electron chi connectivity index (χ1n) is 8.86. The molecule has 0 fully saturated rings. The van der Waals surface area contributed by atoms with Crippen molar-refractivity contribution in [1.82, 2.24) is 9.38 Å². The molecule has 0 saturated heterocycles. The summed E-state index contributed by atoms with van der Waals surface area (Å²) in [6, 6.07) is 22.2. The molecule has 4 rings (SSSR count). The van der Waals surface area contributed by atoms with Gasteiger partial charge < -0.3 is 4.90 Å². The van der Waals surface area contributed by atoms with E-state index in [0.29, 0.717) is 0 Å². The Labute approximate surface area is 158 Å². The van der Waals surface area contributed by atoms with Crippen molar-refractivity contribution in [3.8, 4) is 11.3 Å². The van der Waals surface area contributed by atoms with E-state index < -0.39 is 0 Å². The topological polar surface area (TPSA) is 45.3 Å². The lowest BCUT2D eigenvalue weighted by atomic mass is 10.1. The minimum Gasteiger partial charge on any atom is -0.378 e. The Kier molecular flexibility index (Phi) is 4.42. The standard InChI is InChI=1S/C22H21N5/c1-16-8-7-15-27-21(16)23-20(17-9-5-4-6-10-17)22(27)25-24-18-11-13-19(14-12-18)26(2)3/h4-15H,1-3H3. The van der Waals surface area contributed by atoms with Crippen LogP contribution in [0.25, 0.3) is 16.9 Å². The SMILES string of the molecule is Cc1cccn2c(N=Nc3ccc(N(C)C)cc3)c(-c3ccccc3)nc12. The van der Waals surface area contributed by atoms with Gasteiger partial charge in [-0.3, -0.25) is 4.40 Å². The summed E-state index contributed by atoms with van der Waals surface area (Å²) in [5.74, 6) is 0.733. The summed E-state index contributed by atoms with van der Waals surface area (Å²) in [5, 5.41) is 9.03. The van der Waals surface area contributed by atoms with E-state index in [2.05, 4.69) is 28.1 Å². The molecule has 2 heterocycles. The maximum absolute atomic E-state index is 4.83. The Balaban J connectivity index is 1.81. The Hall–Kier alpha value is -3.47. The first-order chi connectivity index (χ1) is 13.1. The third-order valence-electron chi connectivity index (χ3n) is 4.49. The van der Waals surface area contributed by atoms with Crippen molar-refractivity contribution in [1.29, 1.82) is 0 Å².